The van der Waals surface area contributed by atoms with E-state index in [0.29, 0.717) is 23.8 Å². The number of rotatable bonds is 2. The van der Waals surface area contributed by atoms with Crippen molar-refractivity contribution in [1.29, 1.82) is 5.26 Å². The van der Waals surface area contributed by atoms with Gasteiger partial charge >= 0.3 is 0 Å². The molecule has 2 aliphatic rings. The van der Waals surface area contributed by atoms with Gasteiger partial charge in [-0.3, -0.25) is 4.90 Å². The van der Waals surface area contributed by atoms with Gasteiger partial charge in [-0.15, -0.1) is 0 Å². The number of piperidine rings is 1. The maximum atomic E-state index is 9.09. The van der Waals surface area contributed by atoms with Gasteiger partial charge in [0, 0.05) is 36.4 Å². The van der Waals surface area contributed by atoms with Gasteiger partial charge in [-0.2, -0.15) is 5.26 Å². The highest BCUT2D eigenvalue weighted by molar-refractivity contribution is 5.30. The molecule has 2 fully saturated rings. The first-order chi connectivity index (χ1) is 8.78. The third-order valence-electron chi connectivity index (χ3n) is 4.27. The second-order valence-electron chi connectivity index (χ2n) is 5.41. The second-order valence-corrected chi connectivity index (χ2v) is 5.41. The molecule has 0 saturated carbocycles. The minimum Gasteiger partial charge on any atom is -0.328 e. The summed E-state index contributed by atoms with van der Waals surface area (Å²) in [5.74, 6) is 0. The summed E-state index contributed by atoms with van der Waals surface area (Å²) in [5.41, 5.74) is 7.69. The summed E-state index contributed by atoms with van der Waals surface area (Å²) in [6.45, 7) is 0.846. The lowest BCUT2D eigenvalue weighted by Gasteiger charge is -2.37. The molecule has 2 atom stereocenters. The maximum absolute atomic E-state index is 9.09. The largest absolute Gasteiger partial charge is 0.328 e. The molecule has 4 heteroatoms. The molecule has 3 heterocycles. The summed E-state index contributed by atoms with van der Waals surface area (Å²) in [6.07, 6.45) is 6.38. The molecule has 2 N–H and O–H groups in total. The molecule has 2 saturated heterocycles. The molecule has 2 unspecified atom stereocenters. The summed E-state index contributed by atoms with van der Waals surface area (Å²) in [6, 6.07) is 7.67. The zero-order chi connectivity index (χ0) is 12.5. The topological polar surface area (TPSA) is 65.9 Å². The standard InChI is InChI=1S/C14H18N4/c15-8-14-10(2-1-5-17-14)9-18-12-3-4-13(18)7-11(16)6-12/h1-2,5,11-13H,3-4,6-7,9,16H2. The summed E-state index contributed by atoms with van der Waals surface area (Å²) < 4.78 is 0. The zero-order valence-electron chi connectivity index (χ0n) is 10.4. The Balaban J connectivity index is 1.80. The van der Waals surface area contributed by atoms with Gasteiger partial charge in [0.25, 0.3) is 0 Å². The third kappa shape index (κ3) is 2.00. The monoisotopic (exact) mass is 242 g/mol. The van der Waals surface area contributed by atoms with Crippen molar-refractivity contribution in [3.63, 3.8) is 0 Å². The van der Waals surface area contributed by atoms with E-state index >= 15 is 0 Å². The van der Waals surface area contributed by atoms with Gasteiger partial charge in [-0.1, -0.05) is 6.07 Å². The Labute approximate surface area is 107 Å². The third-order valence-corrected chi connectivity index (χ3v) is 4.27. The fourth-order valence-electron chi connectivity index (χ4n) is 3.44. The normalized spacial score (nSPS) is 31.2. The zero-order valence-corrected chi connectivity index (χ0v) is 10.4. The van der Waals surface area contributed by atoms with E-state index in [4.69, 9.17) is 11.0 Å². The van der Waals surface area contributed by atoms with Crippen LogP contribution in [-0.2, 0) is 6.54 Å². The minimum atomic E-state index is 0.364. The van der Waals surface area contributed by atoms with Crippen LogP contribution < -0.4 is 5.73 Å². The fraction of sp³-hybridized carbons (Fsp3) is 0.571. The Morgan fingerprint density at radius 3 is 2.78 bits per heavy atom. The van der Waals surface area contributed by atoms with Crippen LogP contribution in [0.5, 0.6) is 0 Å². The first kappa shape index (κ1) is 11.6. The quantitative estimate of drug-likeness (QED) is 0.851. The van der Waals surface area contributed by atoms with Crippen molar-refractivity contribution >= 4 is 0 Å². The SMILES string of the molecule is N#Cc1ncccc1CN1C2CCC1CC(N)C2. The molecule has 2 aliphatic heterocycles. The number of aromatic nitrogens is 1. The molecule has 1 aromatic heterocycles. The van der Waals surface area contributed by atoms with E-state index in [1.807, 2.05) is 12.1 Å². The smallest absolute Gasteiger partial charge is 0.144 e. The number of hydrogen-bond donors (Lipinski definition) is 1. The van der Waals surface area contributed by atoms with Crippen molar-refractivity contribution in [2.45, 2.75) is 50.4 Å². The molecular formula is C14H18N4. The van der Waals surface area contributed by atoms with Crippen LogP contribution in [0.15, 0.2) is 18.3 Å². The number of pyridine rings is 1. The van der Waals surface area contributed by atoms with Crippen molar-refractivity contribution < 1.29 is 0 Å². The van der Waals surface area contributed by atoms with Crippen LogP contribution in [0.4, 0.5) is 0 Å². The van der Waals surface area contributed by atoms with E-state index in [1.165, 1.54) is 12.8 Å². The first-order valence-corrected chi connectivity index (χ1v) is 6.63. The Morgan fingerprint density at radius 1 is 1.39 bits per heavy atom. The van der Waals surface area contributed by atoms with Gasteiger partial charge < -0.3 is 5.73 Å². The Morgan fingerprint density at radius 2 is 2.11 bits per heavy atom. The lowest BCUT2D eigenvalue weighted by Crippen LogP contribution is -2.46. The minimum absolute atomic E-state index is 0.364. The van der Waals surface area contributed by atoms with Crippen LogP contribution in [0.1, 0.15) is 36.9 Å². The number of fused-ring (bicyclic) bond motifs is 2. The highest BCUT2D eigenvalue weighted by atomic mass is 15.2. The number of hydrogen-bond acceptors (Lipinski definition) is 4. The van der Waals surface area contributed by atoms with Gasteiger partial charge in [-0.25, -0.2) is 4.98 Å². The van der Waals surface area contributed by atoms with Gasteiger partial charge in [-0.05, 0) is 31.7 Å². The van der Waals surface area contributed by atoms with Crippen molar-refractivity contribution in [2.75, 3.05) is 0 Å². The summed E-state index contributed by atoms with van der Waals surface area (Å²) in [7, 11) is 0. The molecule has 94 valence electrons. The fourth-order valence-corrected chi connectivity index (χ4v) is 3.44. The van der Waals surface area contributed by atoms with Crippen molar-refractivity contribution in [2.24, 2.45) is 5.73 Å². The van der Waals surface area contributed by atoms with Crippen LogP contribution in [0, 0.1) is 11.3 Å². The highest BCUT2D eigenvalue weighted by Crippen LogP contribution is 2.36. The molecule has 3 rings (SSSR count). The predicted molar refractivity (Wildman–Crippen MR) is 68.5 cm³/mol. The Hall–Kier alpha value is -1.44. The van der Waals surface area contributed by atoms with Crippen molar-refractivity contribution in [3.05, 3.63) is 29.6 Å². The molecule has 0 spiro atoms. The predicted octanol–water partition coefficient (Wildman–Crippen LogP) is 1.41. The Bertz CT molecular complexity index is 465. The van der Waals surface area contributed by atoms with E-state index in [0.717, 1.165) is 24.9 Å². The van der Waals surface area contributed by atoms with Crippen LogP contribution in [0.3, 0.4) is 0 Å². The summed E-state index contributed by atoms with van der Waals surface area (Å²) in [5, 5.41) is 9.09. The average molecular weight is 242 g/mol. The molecule has 0 aliphatic carbocycles. The lowest BCUT2D eigenvalue weighted by molar-refractivity contribution is 0.119. The van der Waals surface area contributed by atoms with E-state index in [-0.39, 0.29) is 0 Å². The van der Waals surface area contributed by atoms with Gasteiger partial charge in [0.2, 0.25) is 0 Å². The molecule has 0 aromatic carbocycles. The molecule has 18 heavy (non-hydrogen) atoms. The first-order valence-electron chi connectivity index (χ1n) is 6.63. The van der Waals surface area contributed by atoms with Crippen molar-refractivity contribution in [1.82, 2.24) is 9.88 Å². The molecule has 1 aromatic rings. The van der Waals surface area contributed by atoms with Crippen LogP contribution >= 0.6 is 0 Å². The number of nitrogens with zero attached hydrogens (tertiary/aromatic N) is 3. The van der Waals surface area contributed by atoms with E-state index in [9.17, 15) is 0 Å². The van der Waals surface area contributed by atoms with Gasteiger partial charge in [0.05, 0.1) is 0 Å². The van der Waals surface area contributed by atoms with Gasteiger partial charge in [0.1, 0.15) is 11.8 Å². The molecular weight excluding hydrogens is 224 g/mol. The number of nitriles is 1. The lowest BCUT2D eigenvalue weighted by atomic mass is 9.97. The van der Waals surface area contributed by atoms with E-state index < -0.39 is 0 Å². The van der Waals surface area contributed by atoms with Crippen LogP contribution in [-0.4, -0.2) is 28.0 Å². The summed E-state index contributed by atoms with van der Waals surface area (Å²) >= 11 is 0. The Kier molecular flexibility index (Phi) is 3.02. The molecule has 0 amide bonds. The van der Waals surface area contributed by atoms with Crippen molar-refractivity contribution in [3.8, 4) is 6.07 Å². The molecule has 2 bridgehead atoms. The van der Waals surface area contributed by atoms with Gasteiger partial charge in [0.15, 0.2) is 0 Å². The van der Waals surface area contributed by atoms with Crippen LogP contribution in [0.2, 0.25) is 0 Å². The van der Waals surface area contributed by atoms with E-state index in [2.05, 4.69) is 16.0 Å². The van der Waals surface area contributed by atoms with Crippen LogP contribution in [0.25, 0.3) is 0 Å². The second kappa shape index (κ2) is 4.68. The molecule has 4 nitrogen and oxygen atoms in total. The van der Waals surface area contributed by atoms with E-state index in [1.54, 1.807) is 6.20 Å². The maximum Gasteiger partial charge on any atom is 0.144 e. The molecule has 0 radical (unpaired) electrons. The highest BCUT2D eigenvalue weighted by Gasteiger charge is 2.39. The summed E-state index contributed by atoms with van der Waals surface area (Å²) in [4.78, 5) is 6.66. The average Bonchev–Trinajstić information content (AvgIpc) is 2.62. The number of nitrogens with two attached hydrogens (primary N) is 1.